The van der Waals surface area contributed by atoms with Crippen molar-refractivity contribution in [3.8, 4) is 6.07 Å². The third kappa shape index (κ3) is 3.61. The number of carbonyl (C=O) groups excluding carboxylic acids is 2. The standard InChI is InChI=1S/C19H18N2O3/c1-4-24-19(23)17-12(2)18(21-13(17)3)16(22)10-9-14-5-7-15(11-20)8-6-14/h5-10,21H,4H2,1-3H3/b10-9+. The SMILES string of the molecule is CCOC(=O)c1c(C)[nH]c(C(=O)/C=C/c2ccc(C#N)cc2)c1C. The van der Waals surface area contributed by atoms with Crippen molar-refractivity contribution in [2.24, 2.45) is 0 Å². The van der Waals surface area contributed by atoms with Crippen LogP contribution < -0.4 is 0 Å². The third-order valence-electron chi connectivity index (χ3n) is 3.63. The largest absolute Gasteiger partial charge is 0.462 e. The number of ether oxygens (including phenoxy) is 1. The number of benzene rings is 1. The normalized spacial score (nSPS) is 10.6. The zero-order chi connectivity index (χ0) is 17.7. The fourth-order valence-corrected chi connectivity index (χ4v) is 2.43. The van der Waals surface area contributed by atoms with Crippen molar-refractivity contribution in [2.75, 3.05) is 6.61 Å². The Morgan fingerprint density at radius 2 is 1.92 bits per heavy atom. The van der Waals surface area contributed by atoms with Crippen LogP contribution in [-0.4, -0.2) is 23.3 Å². The molecular weight excluding hydrogens is 304 g/mol. The molecule has 0 radical (unpaired) electrons. The maximum Gasteiger partial charge on any atom is 0.340 e. The first-order chi connectivity index (χ1) is 11.5. The average Bonchev–Trinajstić information content (AvgIpc) is 2.88. The van der Waals surface area contributed by atoms with E-state index >= 15 is 0 Å². The molecule has 0 saturated heterocycles. The van der Waals surface area contributed by atoms with Crippen molar-refractivity contribution in [3.63, 3.8) is 0 Å². The number of aromatic amines is 1. The van der Waals surface area contributed by atoms with E-state index in [2.05, 4.69) is 4.98 Å². The van der Waals surface area contributed by atoms with E-state index in [9.17, 15) is 9.59 Å². The number of aryl methyl sites for hydroxylation is 1. The molecule has 0 atom stereocenters. The molecule has 1 aromatic heterocycles. The molecule has 2 rings (SSSR count). The number of nitriles is 1. The van der Waals surface area contributed by atoms with E-state index in [0.717, 1.165) is 5.56 Å². The Kier molecular flexibility index (Phi) is 5.33. The second kappa shape index (κ2) is 7.42. The number of hydrogen-bond donors (Lipinski definition) is 1. The minimum atomic E-state index is -0.432. The second-order valence-electron chi connectivity index (χ2n) is 5.28. The molecule has 24 heavy (non-hydrogen) atoms. The molecule has 0 fully saturated rings. The molecule has 0 spiro atoms. The van der Waals surface area contributed by atoms with Crippen LogP contribution >= 0.6 is 0 Å². The smallest absolute Gasteiger partial charge is 0.340 e. The van der Waals surface area contributed by atoms with Crippen LogP contribution in [0.25, 0.3) is 6.08 Å². The van der Waals surface area contributed by atoms with E-state index in [-0.39, 0.29) is 12.4 Å². The maximum atomic E-state index is 12.4. The van der Waals surface area contributed by atoms with E-state index in [1.54, 1.807) is 51.1 Å². The fraction of sp³-hybridized carbons (Fsp3) is 0.211. The molecule has 0 bridgehead atoms. The second-order valence-corrected chi connectivity index (χ2v) is 5.28. The summed E-state index contributed by atoms with van der Waals surface area (Å²) in [6.45, 7) is 5.48. The molecule has 0 unspecified atom stereocenters. The quantitative estimate of drug-likeness (QED) is 0.518. The first kappa shape index (κ1) is 17.2. The Hall–Kier alpha value is -3.13. The molecule has 0 aliphatic heterocycles. The van der Waals surface area contributed by atoms with Gasteiger partial charge >= 0.3 is 5.97 Å². The van der Waals surface area contributed by atoms with Gasteiger partial charge in [0.2, 0.25) is 5.78 Å². The zero-order valence-corrected chi connectivity index (χ0v) is 13.8. The minimum Gasteiger partial charge on any atom is -0.462 e. The highest BCUT2D eigenvalue weighted by molar-refractivity contribution is 6.08. The molecule has 1 heterocycles. The summed E-state index contributed by atoms with van der Waals surface area (Å²) >= 11 is 0. The summed E-state index contributed by atoms with van der Waals surface area (Å²) in [7, 11) is 0. The van der Waals surface area contributed by atoms with Crippen LogP contribution in [0.4, 0.5) is 0 Å². The Morgan fingerprint density at radius 1 is 1.25 bits per heavy atom. The van der Waals surface area contributed by atoms with Crippen LogP contribution in [0.5, 0.6) is 0 Å². The third-order valence-corrected chi connectivity index (χ3v) is 3.63. The minimum absolute atomic E-state index is 0.226. The Bertz CT molecular complexity index is 837. The van der Waals surface area contributed by atoms with Crippen molar-refractivity contribution in [3.05, 3.63) is 64.0 Å². The van der Waals surface area contributed by atoms with Crippen molar-refractivity contribution in [1.29, 1.82) is 5.26 Å². The predicted octanol–water partition coefficient (Wildman–Crippen LogP) is 3.58. The fourth-order valence-electron chi connectivity index (χ4n) is 2.43. The van der Waals surface area contributed by atoms with Crippen LogP contribution in [0.2, 0.25) is 0 Å². The van der Waals surface area contributed by atoms with Crippen molar-refractivity contribution >= 4 is 17.8 Å². The molecule has 5 nitrogen and oxygen atoms in total. The van der Waals surface area contributed by atoms with Gasteiger partial charge in [0.1, 0.15) is 0 Å². The van der Waals surface area contributed by atoms with E-state index in [4.69, 9.17) is 10.00 Å². The van der Waals surface area contributed by atoms with E-state index in [1.165, 1.54) is 6.08 Å². The van der Waals surface area contributed by atoms with Gasteiger partial charge in [-0.2, -0.15) is 5.26 Å². The molecule has 5 heteroatoms. The van der Waals surface area contributed by atoms with E-state index in [0.29, 0.717) is 28.1 Å². The number of carbonyl (C=O) groups is 2. The zero-order valence-electron chi connectivity index (χ0n) is 13.8. The molecule has 1 aromatic carbocycles. The van der Waals surface area contributed by atoms with Gasteiger partial charge in [0.05, 0.1) is 29.5 Å². The van der Waals surface area contributed by atoms with Crippen molar-refractivity contribution in [1.82, 2.24) is 4.98 Å². The van der Waals surface area contributed by atoms with Crippen molar-refractivity contribution in [2.45, 2.75) is 20.8 Å². The Labute approximate surface area is 140 Å². The lowest BCUT2D eigenvalue weighted by atomic mass is 10.1. The molecule has 0 saturated carbocycles. The van der Waals surface area contributed by atoms with Gasteiger partial charge in [-0.1, -0.05) is 18.2 Å². The summed E-state index contributed by atoms with van der Waals surface area (Å²) in [5.74, 6) is -0.658. The van der Waals surface area contributed by atoms with Gasteiger partial charge in [-0.3, -0.25) is 4.79 Å². The summed E-state index contributed by atoms with van der Waals surface area (Å²) in [6.07, 6.45) is 3.11. The number of hydrogen-bond acceptors (Lipinski definition) is 4. The summed E-state index contributed by atoms with van der Waals surface area (Å²) in [6, 6.07) is 8.94. The lowest BCUT2D eigenvalue weighted by Crippen LogP contribution is -2.07. The topological polar surface area (TPSA) is 83.0 Å². The summed E-state index contributed by atoms with van der Waals surface area (Å²) < 4.78 is 5.02. The van der Waals surface area contributed by atoms with Gasteiger partial charge < -0.3 is 9.72 Å². The molecule has 0 aliphatic rings. The lowest BCUT2D eigenvalue weighted by molar-refractivity contribution is 0.0525. The number of rotatable bonds is 5. The summed E-state index contributed by atoms with van der Waals surface area (Å²) in [4.78, 5) is 27.3. The molecule has 1 N–H and O–H groups in total. The van der Waals surface area contributed by atoms with Gasteiger partial charge in [0, 0.05) is 5.69 Å². The van der Waals surface area contributed by atoms with Gasteiger partial charge in [-0.15, -0.1) is 0 Å². The van der Waals surface area contributed by atoms with Gasteiger partial charge in [-0.25, -0.2) is 4.79 Å². The monoisotopic (exact) mass is 322 g/mol. The first-order valence-electron chi connectivity index (χ1n) is 7.56. The lowest BCUT2D eigenvalue weighted by Gasteiger charge is -2.02. The number of esters is 1. The highest BCUT2D eigenvalue weighted by atomic mass is 16.5. The average molecular weight is 322 g/mol. The molecule has 122 valence electrons. The highest BCUT2D eigenvalue weighted by Crippen LogP contribution is 2.20. The van der Waals surface area contributed by atoms with Gasteiger partial charge in [0.15, 0.2) is 0 Å². The molecular formula is C19H18N2O3. The van der Waals surface area contributed by atoms with E-state index < -0.39 is 5.97 Å². The number of H-pyrrole nitrogens is 1. The van der Waals surface area contributed by atoms with E-state index in [1.807, 2.05) is 6.07 Å². The highest BCUT2D eigenvalue weighted by Gasteiger charge is 2.21. The molecule has 0 amide bonds. The molecule has 2 aromatic rings. The van der Waals surface area contributed by atoms with Crippen LogP contribution in [-0.2, 0) is 4.74 Å². The number of ketones is 1. The van der Waals surface area contributed by atoms with Gasteiger partial charge in [0.25, 0.3) is 0 Å². The van der Waals surface area contributed by atoms with Crippen LogP contribution in [0.3, 0.4) is 0 Å². The summed E-state index contributed by atoms with van der Waals surface area (Å²) in [5, 5.41) is 8.77. The van der Waals surface area contributed by atoms with Gasteiger partial charge in [-0.05, 0) is 50.1 Å². The van der Waals surface area contributed by atoms with Crippen molar-refractivity contribution < 1.29 is 14.3 Å². The number of nitrogens with zero attached hydrogens (tertiary/aromatic N) is 1. The van der Waals surface area contributed by atoms with Crippen LogP contribution in [0.1, 0.15) is 50.2 Å². The molecule has 0 aliphatic carbocycles. The predicted molar refractivity (Wildman–Crippen MR) is 90.7 cm³/mol. The first-order valence-corrected chi connectivity index (χ1v) is 7.56. The number of aromatic nitrogens is 1. The maximum absolute atomic E-state index is 12.4. The Morgan fingerprint density at radius 3 is 2.50 bits per heavy atom. The van der Waals surface area contributed by atoms with Crippen LogP contribution in [0, 0.1) is 25.2 Å². The summed E-state index contributed by atoms with van der Waals surface area (Å²) in [5.41, 5.74) is 3.36. The number of nitrogens with one attached hydrogen (secondary N) is 1. The Balaban J connectivity index is 2.23. The number of allylic oxidation sites excluding steroid dienone is 1. The van der Waals surface area contributed by atoms with Crippen LogP contribution in [0.15, 0.2) is 30.3 Å².